The lowest BCUT2D eigenvalue weighted by Crippen LogP contribution is -2.20. The van der Waals surface area contributed by atoms with Gasteiger partial charge in [0.1, 0.15) is 11.5 Å². The van der Waals surface area contributed by atoms with Gasteiger partial charge in [-0.15, -0.1) is 0 Å². The highest BCUT2D eigenvalue weighted by molar-refractivity contribution is 7.25. The summed E-state index contributed by atoms with van der Waals surface area (Å²) in [5.41, 5.74) is 5.81. The normalized spacial score (nSPS) is 13.4. The summed E-state index contributed by atoms with van der Waals surface area (Å²) in [7, 11) is -0.661. The zero-order chi connectivity index (χ0) is 27.0. The molecule has 2 rings (SSSR count). The number of carbonyl (C=O) groups excluding carboxylic acids is 1. The summed E-state index contributed by atoms with van der Waals surface area (Å²) in [5, 5.41) is 0. The van der Waals surface area contributed by atoms with Gasteiger partial charge in [0.2, 0.25) is 9.03 Å². The van der Waals surface area contributed by atoms with Gasteiger partial charge in [-0.25, -0.2) is 0 Å². The molecule has 0 amide bonds. The molecule has 0 saturated heterocycles. The zero-order valence-electron chi connectivity index (χ0n) is 23.8. The van der Waals surface area contributed by atoms with E-state index in [0.717, 1.165) is 22.3 Å². The van der Waals surface area contributed by atoms with Crippen LogP contribution in [0.5, 0.6) is 11.5 Å². The van der Waals surface area contributed by atoms with Gasteiger partial charge in [0.05, 0.1) is 0 Å². The van der Waals surface area contributed by atoms with Crippen molar-refractivity contribution in [1.29, 1.82) is 0 Å². The molecular formula is C30H45O4P. The van der Waals surface area contributed by atoms with Crippen LogP contribution in [0.3, 0.4) is 0 Å². The standard InChI is InChI=1S/C30H45O4P/c1-27(2,3)21-14-19(25(33-18-31)23(16-21)29(7,8)9)13-20-15-22(28(4,5)6)17-24(30(10,11)12)26(20)34-35-32/h14-18,32,35H,13H2,1-12H3. The number of benzene rings is 2. The molecule has 35 heavy (non-hydrogen) atoms. The first-order valence-electron chi connectivity index (χ1n) is 12.3. The molecule has 5 heteroatoms. The topological polar surface area (TPSA) is 55.8 Å². The number of carbonyl (C=O) groups is 1. The largest absolute Gasteiger partial charge is 0.449 e. The lowest BCUT2D eigenvalue weighted by molar-refractivity contribution is -0.120. The van der Waals surface area contributed by atoms with E-state index in [0.29, 0.717) is 24.4 Å². The van der Waals surface area contributed by atoms with Crippen LogP contribution in [-0.2, 0) is 32.9 Å². The molecule has 0 bridgehead atoms. The van der Waals surface area contributed by atoms with Crippen molar-refractivity contribution in [1.82, 2.24) is 0 Å². The van der Waals surface area contributed by atoms with Gasteiger partial charge in [0.15, 0.2) is 0 Å². The first kappa shape index (κ1) is 29.3. The van der Waals surface area contributed by atoms with Gasteiger partial charge in [-0.05, 0) is 38.4 Å². The summed E-state index contributed by atoms with van der Waals surface area (Å²) in [6, 6.07) is 8.70. The maximum Gasteiger partial charge on any atom is 0.298 e. The molecular weight excluding hydrogens is 455 g/mol. The van der Waals surface area contributed by atoms with Crippen molar-refractivity contribution in [2.45, 2.75) is 111 Å². The summed E-state index contributed by atoms with van der Waals surface area (Å²) in [6.45, 7) is 26.6. The summed E-state index contributed by atoms with van der Waals surface area (Å²) >= 11 is 0. The Morgan fingerprint density at radius 2 is 1.09 bits per heavy atom. The third-order valence-corrected chi connectivity index (χ3v) is 6.67. The average molecular weight is 501 g/mol. The summed E-state index contributed by atoms with van der Waals surface area (Å²) in [6.07, 6.45) is 0.517. The van der Waals surface area contributed by atoms with Crippen LogP contribution in [0.25, 0.3) is 0 Å². The molecule has 4 nitrogen and oxygen atoms in total. The maximum absolute atomic E-state index is 11.6. The van der Waals surface area contributed by atoms with Crippen LogP contribution < -0.4 is 9.26 Å². The minimum atomic E-state index is -0.661. The second kappa shape index (κ2) is 10.2. The molecule has 0 saturated carbocycles. The van der Waals surface area contributed by atoms with Crippen molar-refractivity contribution in [3.63, 3.8) is 0 Å². The van der Waals surface area contributed by atoms with E-state index in [1.165, 1.54) is 11.1 Å². The Balaban J connectivity index is 2.94. The van der Waals surface area contributed by atoms with Crippen molar-refractivity contribution in [3.05, 3.63) is 57.6 Å². The molecule has 1 unspecified atom stereocenters. The third-order valence-electron chi connectivity index (χ3n) is 6.37. The van der Waals surface area contributed by atoms with Gasteiger partial charge in [-0.2, -0.15) is 0 Å². The van der Waals surface area contributed by atoms with Gasteiger partial charge < -0.3 is 14.2 Å². The summed E-state index contributed by atoms with van der Waals surface area (Å²) in [5.74, 6) is 1.32. The van der Waals surface area contributed by atoms with Crippen molar-refractivity contribution >= 4 is 15.5 Å². The summed E-state index contributed by atoms with van der Waals surface area (Å²) < 4.78 is 11.6. The van der Waals surface area contributed by atoms with Gasteiger partial charge >= 0.3 is 0 Å². The van der Waals surface area contributed by atoms with Gasteiger partial charge in [0.25, 0.3) is 6.47 Å². The Bertz CT molecular complexity index is 1060. The molecule has 2 aromatic carbocycles. The fraction of sp³-hybridized carbons (Fsp3) is 0.567. The monoisotopic (exact) mass is 500 g/mol. The Morgan fingerprint density at radius 3 is 1.43 bits per heavy atom. The first-order valence-corrected chi connectivity index (χ1v) is 13.2. The van der Waals surface area contributed by atoms with E-state index >= 15 is 0 Å². The van der Waals surface area contributed by atoms with E-state index in [-0.39, 0.29) is 21.7 Å². The van der Waals surface area contributed by atoms with Gasteiger partial charge in [-0.3, -0.25) is 4.79 Å². The molecule has 2 aromatic rings. The van der Waals surface area contributed by atoms with Gasteiger partial charge in [0, 0.05) is 23.1 Å². The zero-order valence-corrected chi connectivity index (χ0v) is 24.8. The van der Waals surface area contributed by atoms with Crippen LogP contribution >= 0.6 is 9.03 Å². The molecule has 0 aliphatic rings. The van der Waals surface area contributed by atoms with Crippen molar-refractivity contribution in [3.8, 4) is 11.5 Å². The highest BCUT2D eigenvalue weighted by atomic mass is 31.1. The molecule has 0 aliphatic heterocycles. The number of hydrogen-bond donors (Lipinski definition) is 1. The predicted octanol–water partition coefficient (Wildman–Crippen LogP) is 7.88. The Hall–Kier alpha value is -1.90. The lowest BCUT2D eigenvalue weighted by atomic mass is 9.76. The highest BCUT2D eigenvalue weighted by Crippen LogP contribution is 2.44. The van der Waals surface area contributed by atoms with Crippen molar-refractivity contribution < 1.29 is 18.9 Å². The minimum Gasteiger partial charge on any atom is -0.449 e. The Kier molecular flexibility index (Phi) is 8.57. The molecule has 0 heterocycles. The van der Waals surface area contributed by atoms with E-state index in [4.69, 9.17) is 9.26 Å². The molecule has 0 aliphatic carbocycles. The average Bonchev–Trinajstić information content (AvgIpc) is 2.67. The fourth-order valence-corrected chi connectivity index (χ4v) is 4.51. The highest BCUT2D eigenvalue weighted by Gasteiger charge is 2.29. The van der Waals surface area contributed by atoms with Crippen molar-refractivity contribution in [2.24, 2.45) is 0 Å². The van der Waals surface area contributed by atoms with E-state index in [2.05, 4.69) is 107 Å². The maximum atomic E-state index is 11.6. The number of hydrogen-bond acceptors (Lipinski definition) is 4. The smallest absolute Gasteiger partial charge is 0.298 e. The van der Waals surface area contributed by atoms with E-state index in [1.54, 1.807) is 0 Å². The summed E-state index contributed by atoms with van der Waals surface area (Å²) in [4.78, 5) is 21.4. The first-order chi connectivity index (χ1) is 15.8. The molecule has 0 aromatic heterocycles. The lowest BCUT2D eigenvalue weighted by Gasteiger charge is -2.30. The van der Waals surface area contributed by atoms with Gasteiger partial charge in [-0.1, -0.05) is 107 Å². The SMILES string of the molecule is CC(C)(C)c1cc(Cc2cc(C(C)(C)C)cc(C(C)(C)C)c2OPO)c(OC=O)c(C(C)(C)C)c1. The van der Waals surface area contributed by atoms with Crippen LogP contribution in [0.2, 0.25) is 0 Å². The van der Waals surface area contributed by atoms with Crippen LogP contribution in [0.15, 0.2) is 24.3 Å². The minimum absolute atomic E-state index is 0.0687. The van der Waals surface area contributed by atoms with E-state index in [9.17, 15) is 9.69 Å². The third kappa shape index (κ3) is 7.08. The van der Waals surface area contributed by atoms with Crippen LogP contribution in [0.1, 0.15) is 116 Å². The Morgan fingerprint density at radius 1 is 0.686 bits per heavy atom. The second-order valence-corrected chi connectivity index (χ2v) is 14.0. The van der Waals surface area contributed by atoms with Crippen molar-refractivity contribution in [2.75, 3.05) is 0 Å². The molecule has 1 atom stereocenters. The number of rotatable bonds is 6. The van der Waals surface area contributed by atoms with Crippen LogP contribution in [-0.4, -0.2) is 11.4 Å². The fourth-order valence-electron chi connectivity index (χ4n) is 4.18. The van der Waals surface area contributed by atoms with E-state index in [1.807, 2.05) is 0 Å². The second-order valence-electron chi connectivity index (χ2n) is 13.6. The predicted molar refractivity (Wildman–Crippen MR) is 148 cm³/mol. The molecule has 0 radical (unpaired) electrons. The Labute approximate surface area is 214 Å². The van der Waals surface area contributed by atoms with Crippen LogP contribution in [0, 0.1) is 0 Å². The quantitative estimate of drug-likeness (QED) is 0.324. The number of ether oxygens (including phenoxy) is 1. The molecule has 0 spiro atoms. The molecule has 1 N–H and O–H groups in total. The molecule has 194 valence electrons. The van der Waals surface area contributed by atoms with E-state index < -0.39 is 9.03 Å². The molecule has 0 fully saturated rings. The van der Waals surface area contributed by atoms with Crippen LogP contribution in [0.4, 0.5) is 0 Å².